The molecule has 0 aliphatic carbocycles. The Morgan fingerprint density at radius 1 is 0.906 bits per heavy atom. The van der Waals surface area contributed by atoms with Gasteiger partial charge in [0.25, 0.3) is 0 Å². The van der Waals surface area contributed by atoms with Gasteiger partial charge in [-0.2, -0.15) is 17.6 Å². The lowest BCUT2D eigenvalue weighted by Crippen LogP contribution is -2.46. The quantitative estimate of drug-likeness (QED) is 0.101. The van der Waals surface area contributed by atoms with Gasteiger partial charge in [-0.15, -0.1) is 5.10 Å². The Kier molecular flexibility index (Phi) is 11.5. The number of piperidine rings is 2. The molecule has 0 saturated carbocycles. The minimum Gasteiger partial charge on any atom is -0.356 e. The van der Waals surface area contributed by atoms with Crippen molar-refractivity contribution < 1.29 is 27.1 Å². The predicted octanol–water partition coefficient (Wildman–Crippen LogP) is 8.31. The average molecular weight is 731 g/mol. The number of nitrogens with zero attached hydrogens (tertiary/aromatic N) is 5. The fraction of sp³-hybridized carbons (Fsp3) is 0.439. The van der Waals surface area contributed by atoms with Crippen molar-refractivity contribution in [2.75, 3.05) is 44.2 Å². The second kappa shape index (κ2) is 16.6. The van der Waals surface area contributed by atoms with Gasteiger partial charge in [0, 0.05) is 63.2 Å². The van der Waals surface area contributed by atoms with Crippen LogP contribution in [0.3, 0.4) is 0 Å². The van der Waals surface area contributed by atoms with Crippen molar-refractivity contribution in [1.82, 2.24) is 25.0 Å². The molecule has 2 atom stereocenters. The van der Waals surface area contributed by atoms with E-state index in [0.29, 0.717) is 53.9 Å². The van der Waals surface area contributed by atoms with Gasteiger partial charge in [0.15, 0.2) is 6.23 Å². The minimum atomic E-state index is -4.51. The molecule has 4 aromatic rings. The number of carbonyl (C=O) groups is 1. The zero-order valence-electron chi connectivity index (χ0n) is 29.8. The third-order valence-corrected chi connectivity index (χ3v) is 10.4. The van der Waals surface area contributed by atoms with E-state index in [1.54, 1.807) is 65.5 Å². The second-order valence-electron chi connectivity index (χ2n) is 14.2. The fourth-order valence-corrected chi connectivity index (χ4v) is 7.77. The van der Waals surface area contributed by atoms with Crippen LogP contribution in [0.4, 0.5) is 23.4 Å². The number of benzene rings is 2. The van der Waals surface area contributed by atoms with Crippen LogP contribution < -0.4 is 10.2 Å². The van der Waals surface area contributed by atoms with Crippen LogP contribution >= 0.6 is 0 Å². The topological polar surface area (TPSA) is 75.5 Å². The maximum absolute atomic E-state index is 15.5. The third kappa shape index (κ3) is 8.98. The lowest BCUT2D eigenvalue weighted by molar-refractivity contribution is -0.127. The van der Waals surface area contributed by atoms with Crippen molar-refractivity contribution >= 4 is 33.8 Å². The molecule has 2 aromatic carbocycles. The summed E-state index contributed by atoms with van der Waals surface area (Å²) in [5.41, 5.74) is 2.29. The number of ether oxygens (including phenoxy) is 1. The summed E-state index contributed by atoms with van der Waals surface area (Å²) >= 11 is 0. The Labute approximate surface area is 307 Å². The maximum Gasteiger partial charge on any atom is 0.393 e. The predicted molar refractivity (Wildman–Crippen MR) is 199 cm³/mol. The van der Waals surface area contributed by atoms with Gasteiger partial charge < -0.3 is 19.9 Å². The van der Waals surface area contributed by atoms with Gasteiger partial charge >= 0.3 is 6.18 Å². The van der Waals surface area contributed by atoms with Gasteiger partial charge in [0.1, 0.15) is 5.82 Å². The number of amides is 1. The van der Waals surface area contributed by atoms with Crippen LogP contribution in [0.2, 0.25) is 0 Å². The van der Waals surface area contributed by atoms with E-state index in [4.69, 9.17) is 9.72 Å². The summed E-state index contributed by atoms with van der Waals surface area (Å²) in [5.74, 6) is 0.0929. The lowest BCUT2D eigenvalue weighted by atomic mass is 9.88. The molecule has 1 unspecified atom stereocenters. The number of hydrogen-bond acceptors (Lipinski definition) is 6. The molecule has 1 N–H and O–H groups in total. The van der Waals surface area contributed by atoms with Crippen LogP contribution in [-0.4, -0.2) is 77.1 Å². The summed E-state index contributed by atoms with van der Waals surface area (Å²) in [6, 6.07) is 17.4. The summed E-state index contributed by atoms with van der Waals surface area (Å²) < 4.78 is 65.8. The van der Waals surface area contributed by atoms with Crippen LogP contribution in [0.15, 0.2) is 79.0 Å². The SMILES string of the molecule is O=C(/C=C/CN[C@@H]1CCCN(c2ccc(/C(=C(/CC(F)(F)F)c3ccccc3)c3ccc4c(c3)c(F)nn4C3CCCCO3)cn2)C1)N1CCCCC1. The molecular formula is C41H46F4N6O2. The minimum absolute atomic E-state index is 0.0642. The highest BCUT2D eigenvalue weighted by molar-refractivity contribution is 6.00. The van der Waals surface area contributed by atoms with E-state index in [1.165, 1.54) is 6.42 Å². The maximum atomic E-state index is 15.5. The molecule has 3 aliphatic rings. The Morgan fingerprint density at radius 2 is 1.72 bits per heavy atom. The molecular weight excluding hydrogens is 684 g/mol. The number of halogens is 4. The number of fused-ring (bicyclic) bond motifs is 1. The van der Waals surface area contributed by atoms with Crippen LogP contribution in [-0.2, 0) is 9.53 Å². The van der Waals surface area contributed by atoms with Gasteiger partial charge in [-0.05, 0) is 97.9 Å². The molecule has 5 heterocycles. The van der Waals surface area contributed by atoms with E-state index in [9.17, 15) is 18.0 Å². The first-order valence-corrected chi connectivity index (χ1v) is 18.8. The molecule has 53 heavy (non-hydrogen) atoms. The molecule has 7 rings (SSSR count). The fourth-order valence-electron chi connectivity index (χ4n) is 7.77. The first kappa shape index (κ1) is 36.8. The molecule has 0 bridgehead atoms. The molecule has 12 heteroatoms. The van der Waals surface area contributed by atoms with Crippen LogP contribution in [0.25, 0.3) is 22.0 Å². The summed E-state index contributed by atoms with van der Waals surface area (Å²) in [7, 11) is 0. The number of rotatable bonds is 10. The Bertz CT molecular complexity index is 1910. The molecule has 0 radical (unpaired) electrons. The number of aromatic nitrogens is 3. The van der Waals surface area contributed by atoms with Crippen molar-refractivity contribution in [3.05, 3.63) is 102 Å². The Morgan fingerprint density at radius 3 is 2.45 bits per heavy atom. The van der Waals surface area contributed by atoms with E-state index < -0.39 is 24.8 Å². The zero-order chi connectivity index (χ0) is 36.8. The highest BCUT2D eigenvalue weighted by Crippen LogP contribution is 2.41. The number of hydrogen-bond donors (Lipinski definition) is 1. The molecule has 0 spiro atoms. The lowest BCUT2D eigenvalue weighted by Gasteiger charge is -2.34. The molecule has 1 amide bonds. The van der Waals surface area contributed by atoms with E-state index in [-0.39, 0.29) is 22.9 Å². The number of anilines is 1. The van der Waals surface area contributed by atoms with Gasteiger partial charge in [-0.25, -0.2) is 9.67 Å². The number of nitrogens with one attached hydrogen (secondary N) is 1. The molecule has 3 saturated heterocycles. The van der Waals surface area contributed by atoms with Crippen molar-refractivity contribution in [3.8, 4) is 0 Å². The van der Waals surface area contributed by atoms with Crippen LogP contribution in [0, 0.1) is 5.95 Å². The summed E-state index contributed by atoms with van der Waals surface area (Å²) in [6.45, 7) is 4.29. The molecule has 2 aromatic heterocycles. The Balaban J connectivity index is 1.16. The zero-order valence-corrected chi connectivity index (χ0v) is 29.8. The van der Waals surface area contributed by atoms with Crippen molar-refractivity contribution in [3.63, 3.8) is 0 Å². The normalized spacial score (nSPS) is 20.6. The van der Waals surface area contributed by atoms with Gasteiger partial charge in [-0.1, -0.05) is 42.5 Å². The van der Waals surface area contributed by atoms with Gasteiger partial charge in [0.05, 0.1) is 17.3 Å². The van der Waals surface area contributed by atoms with E-state index in [1.807, 2.05) is 23.1 Å². The first-order chi connectivity index (χ1) is 25.7. The number of pyridine rings is 1. The smallest absolute Gasteiger partial charge is 0.356 e. The van der Waals surface area contributed by atoms with E-state index in [0.717, 1.165) is 64.0 Å². The monoisotopic (exact) mass is 730 g/mol. The van der Waals surface area contributed by atoms with Crippen LogP contribution in [0.5, 0.6) is 0 Å². The Hall–Kier alpha value is -4.55. The molecule has 280 valence electrons. The van der Waals surface area contributed by atoms with Crippen molar-refractivity contribution in [2.24, 2.45) is 0 Å². The second-order valence-corrected chi connectivity index (χ2v) is 14.2. The summed E-state index contributed by atoms with van der Waals surface area (Å²) in [5, 5.41) is 7.91. The van der Waals surface area contributed by atoms with E-state index in [2.05, 4.69) is 15.3 Å². The summed E-state index contributed by atoms with van der Waals surface area (Å²) in [6.07, 6.45) is 6.88. The molecule has 3 fully saturated rings. The number of carbonyl (C=O) groups excluding carboxylic acids is 1. The molecule has 3 aliphatic heterocycles. The number of alkyl halides is 3. The van der Waals surface area contributed by atoms with Gasteiger partial charge in [-0.3, -0.25) is 4.79 Å². The van der Waals surface area contributed by atoms with Gasteiger partial charge in [0.2, 0.25) is 11.9 Å². The highest BCUT2D eigenvalue weighted by atomic mass is 19.4. The van der Waals surface area contributed by atoms with Crippen molar-refractivity contribution in [1.29, 1.82) is 0 Å². The standard InChI is InChI=1S/C41H46F4N6O2/c42-40-33-25-30(16-18-35(33)51(48-40)38-15-5-8-24-53-38)39(34(26-41(43,44)45)29-11-3-1-4-12-29)31-17-19-36(47-27-31)50-23-10-13-32(28-50)46-20-9-14-37(52)49-21-6-2-7-22-49/h1,3-4,9,11-12,14,16-19,25,27,32,38,46H,2,5-8,10,13,15,20-24,26,28H2/b14-9+,39-34-/t32-,38?/m1/s1. The first-order valence-electron chi connectivity index (χ1n) is 18.8. The van der Waals surface area contributed by atoms with Crippen LogP contribution in [0.1, 0.15) is 80.7 Å². The summed E-state index contributed by atoms with van der Waals surface area (Å²) in [4.78, 5) is 21.4. The van der Waals surface area contributed by atoms with E-state index >= 15 is 4.39 Å². The number of allylic oxidation sites excluding steroid dienone is 1. The number of likely N-dealkylation sites (tertiary alicyclic amines) is 1. The van der Waals surface area contributed by atoms with Crippen molar-refractivity contribution in [2.45, 2.75) is 76.2 Å². The average Bonchev–Trinajstić information content (AvgIpc) is 3.52. The third-order valence-electron chi connectivity index (χ3n) is 10.4. The largest absolute Gasteiger partial charge is 0.393 e. The highest BCUT2D eigenvalue weighted by Gasteiger charge is 2.32. The molecule has 8 nitrogen and oxygen atoms in total.